The molecule has 108 valence electrons. The topological polar surface area (TPSA) is 41.6 Å². The third kappa shape index (κ3) is 6.76. The summed E-state index contributed by atoms with van der Waals surface area (Å²) in [6.07, 6.45) is 5.83. The van der Waals surface area contributed by atoms with E-state index < -0.39 is 0 Å². The SMILES string of the molecule is C#CCNC(=O)CN(C)CCCOc1ccc(F)cc1. The standard InChI is InChI=1S/C15H19FN2O2/c1-3-9-17-15(19)12-18(2)10-4-11-20-14-7-5-13(16)6-8-14/h1,5-8H,4,9-12H2,2H3,(H,17,19). The number of likely N-dealkylation sites (N-methyl/N-ethyl adjacent to an activating group) is 1. The zero-order valence-electron chi connectivity index (χ0n) is 11.6. The lowest BCUT2D eigenvalue weighted by molar-refractivity contribution is -0.121. The van der Waals surface area contributed by atoms with Gasteiger partial charge in [-0.1, -0.05) is 5.92 Å². The third-order valence-electron chi connectivity index (χ3n) is 2.57. The summed E-state index contributed by atoms with van der Waals surface area (Å²) in [4.78, 5) is 13.3. The first kappa shape index (κ1) is 16.0. The van der Waals surface area contributed by atoms with Crippen LogP contribution in [0.2, 0.25) is 0 Å². The number of amides is 1. The van der Waals surface area contributed by atoms with E-state index >= 15 is 0 Å². The minimum atomic E-state index is -0.282. The van der Waals surface area contributed by atoms with Crippen LogP contribution in [0.4, 0.5) is 4.39 Å². The van der Waals surface area contributed by atoms with Crippen molar-refractivity contribution in [2.24, 2.45) is 0 Å². The Bertz CT molecular complexity index is 454. The molecule has 0 aliphatic heterocycles. The van der Waals surface area contributed by atoms with Gasteiger partial charge < -0.3 is 10.1 Å². The molecule has 1 amide bonds. The fraction of sp³-hybridized carbons (Fsp3) is 0.400. The molecule has 0 aliphatic carbocycles. The number of hydrogen-bond acceptors (Lipinski definition) is 3. The summed E-state index contributed by atoms with van der Waals surface area (Å²) >= 11 is 0. The Morgan fingerprint density at radius 3 is 2.80 bits per heavy atom. The molecule has 0 bridgehead atoms. The van der Waals surface area contributed by atoms with Gasteiger partial charge in [-0.05, 0) is 37.7 Å². The molecule has 0 atom stereocenters. The third-order valence-corrected chi connectivity index (χ3v) is 2.57. The maximum absolute atomic E-state index is 12.7. The molecule has 0 saturated heterocycles. The normalized spacial score (nSPS) is 10.1. The van der Waals surface area contributed by atoms with Crippen LogP contribution in [-0.2, 0) is 4.79 Å². The summed E-state index contributed by atoms with van der Waals surface area (Å²) in [6, 6.07) is 5.90. The highest BCUT2D eigenvalue weighted by atomic mass is 19.1. The molecule has 0 fully saturated rings. The predicted octanol–water partition coefficient (Wildman–Crippen LogP) is 1.28. The number of carbonyl (C=O) groups excluding carboxylic acids is 1. The Labute approximate surface area is 118 Å². The van der Waals surface area contributed by atoms with Gasteiger partial charge in [0.15, 0.2) is 0 Å². The molecule has 20 heavy (non-hydrogen) atoms. The molecule has 1 N–H and O–H groups in total. The van der Waals surface area contributed by atoms with Gasteiger partial charge >= 0.3 is 0 Å². The van der Waals surface area contributed by atoms with Gasteiger partial charge in [-0.3, -0.25) is 9.69 Å². The lowest BCUT2D eigenvalue weighted by Crippen LogP contribution is -2.36. The van der Waals surface area contributed by atoms with E-state index in [1.54, 1.807) is 12.1 Å². The van der Waals surface area contributed by atoms with E-state index in [4.69, 9.17) is 11.2 Å². The highest BCUT2D eigenvalue weighted by Gasteiger charge is 2.05. The van der Waals surface area contributed by atoms with E-state index in [0.29, 0.717) is 18.9 Å². The Morgan fingerprint density at radius 2 is 2.15 bits per heavy atom. The van der Waals surface area contributed by atoms with Crippen LogP contribution in [-0.4, -0.2) is 44.1 Å². The van der Waals surface area contributed by atoms with Crippen LogP contribution in [0.25, 0.3) is 0 Å². The van der Waals surface area contributed by atoms with Crippen molar-refractivity contribution in [2.45, 2.75) is 6.42 Å². The minimum absolute atomic E-state index is 0.0927. The number of hydrogen-bond donors (Lipinski definition) is 1. The number of nitrogens with zero attached hydrogens (tertiary/aromatic N) is 1. The van der Waals surface area contributed by atoms with Crippen LogP contribution in [0.3, 0.4) is 0 Å². The van der Waals surface area contributed by atoms with E-state index in [1.165, 1.54) is 12.1 Å². The number of rotatable bonds is 8. The van der Waals surface area contributed by atoms with Gasteiger partial charge in [-0.15, -0.1) is 6.42 Å². The molecule has 0 aromatic heterocycles. The summed E-state index contributed by atoms with van der Waals surface area (Å²) in [5, 5.41) is 2.60. The second-order valence-corrected chi connectivity index (χ2v) is 4.37. The quantitative estimate of drug-likeness (QED) is 0.575. The van der Waals surface area contributed by atoms with Gasteiger partial charge in [-0.2, -0.15) is 0 Å². The molecule has 1 rings (SSSR count). The van der Waals surface area contributed by atoms with Gasteiger partial charge in [0.25, 0.3) is 0 Å². The number of ether oxygens (including phenoxy) is 1. The van der Waals surface area contributed by atoms with E-state index in [2.05, 4.69) is 11.2 Å². The molecule has 1 aromatic rings. The largest absolute Gasteiger partial charge is 0.494 e. The number of nitrogens with one attached hydrogen (secondary N) is 1. The maximum atomic E-state index is 12.7. The number of benzene rings is 1. The fourth-order valence-corrected chi connectivity index (χ4v) is 1.59. The molecule has 4 nitrogen and oxygen atoms in total. The second kappa shape index (κ2) is 8.94. The number of halogens is 1. The second-order valence-electron chi connectivity index (χ2n) is 4.37. The van der Waals surface area contributed by atoms with Gasteiger partial charge in [0, 0.05) is 6.54 Å². The van der Waals surface area contributed by atoms with Gasteiger partial charge in [0.2, 0.25) is 5.91 Å². The van der Waals surface area contributed by atoms with Crippen LogP contribution in [0.15, 0.2) is 24.3 Å². The summed E-state index contributed by atoms with van der Waals surface area (Å²) in [5.41, 5.74) is 0. The predicted molar refractivity (Wildman–Crippen MR) is 75.9 cm³/mol. The van der Waals surface area contributed by atoms with Crippen LogP contribution in [0, 0.1) is 18.2 Å². The molecule has 0 heterocycles. The lowest BCUT2D eigenvalue weighted by Gasteiger charge is -2.15. The van der Waals surface area contributed by atoms with Crippen molar-refractivity contribution in [3.05, 3.63) is 30.1 Å². The van der Waals surface area contributed by atoms with Crippen LogP contribution in [0.1, 0.15) is 6.42 Å². The zero-order valence-corrected chi connectivity index (χ0v) is 11.6. The molecule has 0 aliphatic rings. The van der Waals surface area contributed by atoms with Crippen molar-refractivity contribution in [1.82, 2.24) is 10.2 Å². The fourth-order valence-electron chi connectivity index (χ4n) is 1.59. The Kier molecular flexibility index (Phi) is 7.15. The highest BCUT2D eigenvalue weighted by Crippen LogP contribution is 2.11. The van der Waals surface area contributed by atoms with Crippen LogP contribution >= 0.6 is 0 Å². The number of carbonyl (C=O) groups is 1. The molecule has 1 aromatic carbocycles. The molecular formula is C15H19FN2O2. The van der Waals surface area contributed by atoms with Crippen molar-refractivity contribution in [3.63, 3.8) is 0 Å². The Hall–Kier alpha value is -2.06. The summed E-state index contributed by atoms with van der Waals surface area (Å²) in [6.45, 7) is 1.80. The lowest BCUT2D eigenvalue weighted by atomic mass is 10.3. The van der Waals surface area contributed by atoms with Crippen LogP contribution < -0.4 is 10.1 Å². The smallest absolute Gasteiger partial charge is 0.234 e. The summed E-state index contributed by atoms with van der Waals surface area (Å²) < 4.78 is 18.1. The Balaban J connectivity index is 2.13. The van der Waals surface area contributed by atoms with E-state index in [1.807, 2.05) is 11.9 Å². The van der Waals surface area contributed by atoms with Crippen LogP contribution in [0.5, 0.6) is 5.75 Å². The molecule has 0 radical (unpaired) electrons. The molecule has 5 heteroatoms. The Morgan fingerprint density at radius 1 is 1.45 bits per heavy atom. The maximum Gasteiger partial charge on any atom is 0.234 e. The monoisotopic (exact) mass is 278 g/mol. The van der Waals surface area contributed by atoms with Gasteiger partial charge in [-0.25, -0.2) is 4.39 Å². The van der Waals surface area contributed by atoms with Crippen molar-refractivity contribution in [2.75, 3.05) is 33.3 Å². The van der Waals surface area contributed by atoms with Crippen molar-refractivity contribution in [3.8, 4) is 18.1 Å². The first-order valence-corrected chi connectivity index (χ1v) is 6.39. The van der Waals surface area contributed by atoms with Crippen molar-refractivity contribution in [1.29, 1.82) is 0 Å². The molecule has 0 unspecified atom stereocenters. The first-order chi connectivity index (χ1) is 9.61. The first-order valence-electron chi connectivity index (χ1n) is 6.39. The molecular weight excluding hydrogens is 259 g/mol. The number of terminal acetylenes is 1. The zero-order chi connectivity index (χ0) is 14.8. The van der Waals surface area contributed by atoms with Crippen molar-refractivity contribution >= 4 is 5.91 Å². The minimum Gasteiger partial charge on any atom is -0.494 e. The summed E-state index contributed by atoms with van der Waals surface area (Å²) in [7, 11) is 1.85. The highest BCUT2D eigenvalue weighted by molar-refractivity contribution is 5.78. The average Bonchev–Trinajstić information content (AvgIpc) is 2.43. The van der Waals surface area contributed by atoms with Gasteiger partial charge in [0.1, 0.15) is 11.6 Å². The summed E-state index contributed by atoms with van der Waals surface area (Å²) in [5.74, 6) is 2.61. The van der Waals surface area contributed by atoms with Gasteiger partial charge in [0.05, 0.1) is 19.7 Å². The van der Waals surface area contributed by atoms with E-state index in [-0.39, 0.29) is 18.3 Å². The average molecular weight is 278 g/mol. The van der Waals surface area contributed by atoms with E-state index in [9.17, 15) is 9.18 Å². The van der Waals surface area contributed by atoms with E-state index in [0.717, 1.165) is 13.0 Å². The van der Waals surface area contributed by atoms with Crippen molar-refractivity contribution < 1.29 is 13.9 Å². The molecule has 0 spiro atoms. The molecule has 0 saturated carbocycles.